The van der Waals surface area contributed by atoms with Crippen LogP contribution in [-0.4, -0.2) is 20.9 Å². The van der Waals surface area contributed by atoms with Crippen molar-refractivity contribution in [3.63, 3.8) is 0 Å². The first-order valence-electron chi connectivity index (χ1n) is 4.32. The van der Waals surface area contributed by atoms with Crippen LogP contribution >= 0.6 is 27.5 Å². The number of carboxylic acid groups (broad SMARTS) is 1. The lowest BCUT2D eigenvalue weighted by molar-refractivity contribution is 0.0695. The van der Waals surface area contributed by atoms with Crippen molar-refractivity contribution >= 4 is 33.5 Å². The van der Waals surface area contributed by atoms with Crippen LogP contribution in [0.3, 0.4) is 0 Å². The molecule has 82 valence electrons. The number of hydrogen-bond acceptors (Lipinski definition) is 2. The molecule has 2 aromatic rings. The molecular formula is C10H6BrClN2O2. The van der Waals surface area contributed by atoms with Crippen LogP contribution in [0.1, 0.15) is 10.4 Å². The highest BCUT2D eigenvalue weighted by Gasteiger charge is 2.15. The summed E-state index contributed by atoms with van der Waals surface area (Å²) in [6, 6.07) is 5.07. The van der Waals surface area contributed by atoms with Gasteiger partial charge in [0.15, 0.2) is 0 Å². The Morgan fingerprint density at radius 2 is 2.25 bits per heavy atom. The van der Waals surface area contributed by atoms with Crippen LogP contribution in [0.2, 0.25) is 5.02 Å². The van der Waals surface area contributed by atoms with E-state index in [2.05, 4.69) is 21.0 Å². The summed E-state index contributed by atoms with van der Waals surface area (Å²) in [7, 11) is 0. The molecule has 1 heterocycles. The summed E-state index contributed by atoms with van der Waals surface area (Å²) in [5, 5.41) is 13.5. The molecule has 0 amide bonds. The van der Waals surface area contributed by atoms with Crippen molar-refractivity contribution in [1.82, 2.24) is 9.78 Å². The Bertz CT molecular complexity index is 554. The van der Waals surface area contributed by atoms with E-state index in [1.165, 1.54) is 10.9 Å². The van der Waals surface area contributed by atoms with Crippen LogP contribution in [-0.2, 0) is 0 Å². The van der Waals surface area contributed by atoms with Gasteiger partial charge in [0, 0.05) is 10.7 Å². The smallest absolute Gasteiger partial charge is 0.339 e. The second-order valence-electron chi connectivity index (χ2n) is 3.04. The first kappa shape index (κ1) is 11.2. The van der Waals surface area contributed by atoms with Gasteiger partial charge >= 0.3 is 5.97 Å². The van der Waals surface area contributed by atoms with E-state index in [0.717, 1.165) is 0 Å². The molecule has 0 radical (unpaired) electrons. The van der Waals surface area contributed by atoms with Crippen LogP contribution in [0, 0.1) is 0 Å². The van der Waals surface area contributed by atoms with Gasteiger partial charge in [-0.3, -0.25) is 0 Å². The van der Waals surface area contributed by atoms with Gasteiger partial charge in [-0.15, -0.1) is 0 Å². The summed E-state index contributed by atoms with van der Waals surface area (Å²) in [4.78, 5) is 11.1. The molecule has 1 aromatic heterocycles. The predicted molar refractivity (Wildman–Crippen MR) is 63.2 cm³/mol. The molecule has 0 unspecified atom stereocenters. The normalized spacial score (nSPS) is 10.4. The zero-order valence-corrected chi connectivity index (χ0v) is 10.2. The Labute approximate surface area is 105 Å². The maximum absolute atomic E-state index is 11.1. The number of halogens is 2. The van der Waals surface area contributed by atoms with E-state index in [4.69, 9.17) is 16.7 Å². The fraction of sp³-hybridized carbons (Fsp3) is 0. The molecule has 1 aromatic carbocycles. The number of aromatic carboxylic acids is 1. The Morgan fingerprint density at radius 3 is 2.81 bits per heavy atom. The van der Waals surface area contributed by atoms with Crippen LogP contribution < -0.4 is 0 Å². The van der Waals surface area contributed by atoms with E-state index >= 15 is 0 Å². The quantitative estimate of drug-likeness (QED) is 0.927. The molecule has 0 fully saturated rings. The van der Waals surface area contributed by atoms with Crippen molar-refractivity contribution in [2.45, 2.75) is 0 Å². The SMILES string of the molecule is O=C(O)c1c(Br)cccc1-n1cc(Cl)cn1. The van der Waals surface area contributed by atoms with Crippen molar-refractivity contribution in [3.05, 3.63) is 45.7 Å². The summed E-state index contributed by atoms with van der Waals surface area (Å²) < 4.78 is 1.93. The number of hydrogen-bond donors (Lipinski definition) is 1. The summed E-state index contributed by atoms with van der Waals surface area (Å²) >= 11 is 8.94. The lowest BCUT2D eigenvalue weighted by atomic mass is 10.2. The monoisotopic (exact) mass is 300 g/mol. The van der Waals surface area contributed by atoms with E-state index in [1.54, 1.807) is 24.4 Å². The molecule has 0 bridgehead atoms. The van der Waals surface area contributed by atoms with Crippen LogP contribution in [0.4, 0.5) is 0 Å². The number of aromatic nitrogens is 2. The third-order valence-electron chi connectivity index (χ3n) is 2.00. The highest BCUT2D eigenvalue weighted by Crippen LogP contribution is 2.24. The minimum atomic E-state index is -1.02. The van der Waals surface area contributed by atoms with Gasteiger partial charge in [0.2, 0.25) is 0 Å². The van der Waals surface area contributed by atoms with Crippen molar-refractivity contribution in [3.8, 4) is 5.69 Å². The molecule has 0 spiro atoms. The summed E-state index contributed by atoms with van der Waals surface area (Å²) in [5.74, 6) is -1.02. The third kappa shape index (κ3) is 1.96. The predicted octanol–water partition coefficient (Wildman–Crippen LogP) is 2.99. The Kier molecular flexibility index (Phi) is 2.98. The van der Waals surface area contributed by atoms with E-state index in [1.807, 2.05) is 0 Å². The number of nitrogens with zero attached hydrogens (tertiary/aromatic N) is 2. The van der Waals surface area contributed by atoms with Crippen molar-refractivity contribution in [2.24, 2.45) is 0 Å². The van der Waals surface area contributed by atoms with Gasteiger partial charge in [-0.05, 0) is 28.1 Å². The minimum Gasteiger partial charge on any atom is -0.478 e. The van der Waals surface area contributed by atoms with Crippen molar-refractivity contribution < 1.29 is 9.90 Å². The van der Waals surface area contributed by atoms with Gasteiger partial charge in [-0.25, -0.2) is 9.48 Å². The van der Waals surface area contributed by atoms with E-state index in [9.17, 15) is 4.79 Å². The largest absolute Gasteiger partial charge is 0.478 e. The average molecular weight is 302 g/mol. The molecule has 2 rings (SSSR count). The van der Waals surface area contributed by atoms with Crippen LogP contribution in [0.5, 0.6) is 0 Å². The molecular weight excluding hydrogens is 295 g/mol. The molecule has 4 nitrogen and oxygen atoms in total. The summed E-state index contributed by atoms with van der Waals surface area (Å²) in [6.07, 6.45) is 3.00. The molecule has 0 atom stereocenters. The Hall–Kier alpha value is -1.33. The Morgan fingerprint density at radius 1 is 1.50 bits per heavy atom. The zero-order chi connectivity index (χ0) is 11.7. The third-order valence-corrected chi connectivity index (χ3v) is 2.86. The second kappa shape index (κ2) is 4.27. The topological polar surface area (TPSA) is 55.1 Å². The first-order valence-corrected chi connectivity index (χ1v) is 5.49. The van der Waals surface area contributed by atoms with Crippen LogP contribution in [0.15, 0.2) is 35.1 Å². The summed E-state index contributed by atoms with van der Waals surface area (Å²) in [6.45, 7) is 0. The van der Waals surface area contributed by atoms with Gasteiger partial charge in [0.1, 0.15) is 0 Å². The highest BCUT2D eigenvalue weighted by molar-refractivity contribution is 9.10. The van der Waals surface area contributed by atoms with E-state index < -0.39 is 5.97 Å². The molecule has 6 heteroatoms. The standard InChI is InChI=1S/C10H6BrClN2O2/c11-7-2-1-3-8(9(7)10(15)16)14-5-6(12)4-13-14/h1-5H,(H,15,16). The molecule has 0 saturated carbocycles. The molecule has 16 heavy (non-hydrogen) atoms. The fourth-order valence-electron chi connectivity index (χ4n) is 1.35. The van der Waals surface area contributed by atoms with Crippen LogP contribution in [0.25, 0.3) is 5.69 Å². The maximum Gasteiger partial charge on any atom is 0.339 e. The number of carboxylic acids is 1. The number of rotatable bonds is 2. The second-order valence-corrected chi connectivity index (χ2v) is 4.33. The van der Waals surface area contributed by atoms with E-state index in [-0.39, 0.29) is 5.56 Å². The molecule has 1 N–H and O–H groups in total. The van der Waals surface area contributed by atoms with Gasteiger partial charge in [-0.1, -0.05) is 17.7 Å². The highest BCUT2D eigenvalue weighted by atomic mass is 79.9. The van der Waals surface area contributed by atoms with Gasteiger partial charge < -0.3 is 5.11 Å². The zero-order valence-electron chi connectivity index (χ0n) is 7.89. The lowest BCUT2D eigenvalue weighted by Gasteiger charge is -2.07. The molecule has 0 aliphatic carbocycles. The van der Waals surface area contributed by atoms with Gasteiger partial charge in [0.25, 0.3) is 0 Å². The Balaban J connectivity index is 2.65. The number of benzene rings is 1. The van der Waals surface area contributed by atoms with Crippen molar-refractivity contribution in [1.29, 1.82) is 0 Å². The molecule has 0 saturated heterocycles. The fourth-order valence-corrected chi connectivity index (χ4v) is 2.01. The average Bonchev–Trinajstić information content (AvgIpc) is 2.63. The van der Waals surface area contributed by atoms with Gasteiger partial charge in [0.05, 0.1) is 22.5 Å². The maximum atomic E-state index is 11.1. The molecule has 0 aliphatic rings. The molecule has 0 aliphatic heterocycles. The lowest BCUT2D eigenvalue weighted by Crippen LogP contribution is -2.06. The summed E-state index contributed by atoms with van der Waals surface area (Å²) in [5.41, 5.74) is 0.621. The minimum absolute atomic E-state index is 0.155. The first-order chi connectivity index (χ1) is 7.59. The van der Waals surface area contributed by atoms with Gasteiger partial charge in [-0.2, -0.15) is 5.10 Å². The van der Waals surface area contributed by atoms with Crippen molar-refractivity contribution in [2.75, 3.05) is 0 Å². The number of carbonyl (C=O) groups is 1. The van der Waals surface area contributed by atoms with E-state index in [0.29, 0.717) is 15.2 Å².